The van der Waals surface area contributed by atoms with Crippen molar-refractivity contribution in [1.29, 1.82) is 0 Å². The molecule has 0 aromatic heterocycles. The number of ether oxygens (including phenoxy) is 3. The first-order chi connectivity index (χ1) is 18.7. The Bertz CT molecular complexity index is 1290. The summed E-state index contributed by atoms with van der Waals surface area (Å²) in [6.07, 6.45) is 1.78. The fraction of sp³-hybridized carbons (Fsp3) is 0.242. The molecule has 1 saturated carbocycles. The van der Waals surface area contributed by atoms with Crippen molar-refractivity contribution in [3.8, 4) is 5.75 Å². The summed E-state index contributed by atoms with van der Waals surface area (Å²) in [5.74, 6) is 0.433. The standard InChI is InChI=1S/C33H33NO4/c1-36-30-21-19-29(20-22-30)34-31(27-15-9-4-10-16-27)33(28-17-18-28,38-24-26-13-7-3-8-14-26)32(35)37-23-25-11-5-2-6-12-25/h2-16,19-22,28,31,34H,17-18,23-24H2,1H3/t31-,33+/m0/s1. The summed E-state index contributed by atoms with van der Waals surface area (Å²) in [4.78, 5) is 14.2. The van der Waals surface area contributed by atoms with E-state index in [1.165, 1.54) is 0 Å². The van der Waals surface area contributed by atoms with E-state index in [4.69, 9.17) is 14.2 Å². The molecule has 1 fully saturated rings. The first-order valence-corrected chi connectivity index (χ1v) is 13.0. The van der Waals surface area contributed by atoms with Crippen molar-refractivity contribution in [3.63, 3.8) is 0 Å². The smallest absolute Gasteiger partial charge is 0.341 e. The molecule has 0 bridgehead atoms. The second kappa shape index (κ2) is 12.0. The van der Waals surface area contributed by atoms with Crippen molar-refractivity contribution in [1.82, 2.24) is 0 Å². The zero-order valence-electron chi connectivity index (χ0n) is 21.6. The van der Waals surface area contributed by atoms with Gasteiger partial charge in [-0.05, 0) is 53.8 Å². The van der Waals surface area contributed by atoms with Crippen molar-refractivity contribution in [2.45, 2.75) is 37.7 Å². The first kappa shape index (κ1) is 25.6. The van der Waals surface area contributed by atoms with E-state index in [1.807, 2.05) is 115 Å². The number of anilines is 1. The van der Waals surface area contributed by atoms with Crippen LogP contribution in [0, 0.1) is 5.92 Å². The average Bonchev–Trinajstić information content (AvgIpc) is 3.84. The van der Waals surface area contributed by atoms with E-state index in [-0.39, 0.29) is 18.5 Å². The highest BCUT2D eigenvalue weighted by Gasteiger charge is 2.59. The lowest BCUT2D eigenvalue weighted by Gasteiger charge is -2.40. The fourth-order valence-electron chi connectivity index (χ4n) is 4.84. The molecule has 4 aromatic carbocycles. The van der Waals surface area contributed by atoms with Gasteiger partial charge in [-0.2, -0.15) is 0 Å². The third-order valence-electron chi connectivity index (χ3n) is 7.00. The van der Waals surface area contributed by atoms with Gasteiger partial charge >= 0.3 is 5.97 Å². The van der Waals surface area contributed by atoms with Crippen LogP contribution >= 0.6 is 0 Å². The Hall–Kier alpha value is -4.09. The minimum absolute atomic E-state index is 0.0189. The molecular formula is C33H33NO4. The summed E-state index contributed by atoms with van der Waals surface area (Å²) in [7, 11) is 1.65. The maximum atomic E-state index is 14.2. The Labute approximate surface area is 224 Å². The van der Waals surface area contributed by atoms with Crippen molar-refractivity contribution >= 4 is 11.7 Å². The van der Waals surface area contributed by atoms with E-state index in [0.717, 1.165) is 41.0 Å². The fourth-order valence-corrected chi connectivity index (χ4v) is 4.84. The Morgan fingerprint density at radius 3 is 1.89 bits per heavy atom. The quantitative estimate of drug-likeness (QED) is 0.210. The number of hydrogen-bond donors (Lipinski definition) is 1. The summed E-state index contributed by atoms with van der Waals surface area (Å²) >= 11 is 0. The van der Waals surface area contributed by atoms with Gasteiger partial charge in [0.05, 0.1) is 19.8 Å². The number of carbonyl (C=O) groups excluding carboxylic acids is 1. The summed E-state index contributed by atoms with van der Waals surface area (Å²) in [6.45, 7) is 0.484. The molecule has 2 atom stereocenters. The second-order valence-corrected chi connectivity index (χ2v) is 9.62. The highest BCUT2D eigenvalue weighted by molar-refractivity contribution is 5.83. The maximum absolute atomic E-state index is 14.2. The number of carbonyl (C=O) groups is 1. The molecule has 5 nitrogen and oxygen atoms in total. The lowest BCUT2D eigenvalue weighted by atomic mass is 9.83. The van der Waals surface area contributed by atoms with Crippen molar-refractivity contribution in [3.05, 3.63) is 132 Å². The molecular weight excluding hydrogens is 474 g/mol. The van der Waals surface area contributed by atoms with Crippen LogP contribution in [0.1, 0.15) is 35.6 Å². The van der Waals surface area contributed by atoms with E-state index >= 15 is 0 Å². The van der Waals surface area contributed by atoms with Gasteiger partial charge in [-0.3, -0.25) is 0 Å². The molecule has 4 aromatic rings. The number of methoxy groups -OCH3 is 1. The third-order valence-corrected chi connectivity index (χ3v) is 7.00. The summed E-state index contributed by atoms with van der Waals surface area (Å²) in [5.41, 5.74) is 2.53. The Balaban J connectivity index is 1.54. The van der Waals surface area contributed by atoms with E-state index in [0.29, 0.717) is 6.61 Å². The normalized spacial score (nSPS) is 15.2. The van der Waals surface area contributed by atoms with Crippen LogP contribution in [0.5, 0.6) is 5.75 Å². The van der Waals surface area contributed by atoms with Gasteiger partial charge < -0.3 is 19.5 Å². The monoisotopic (exact) mass is 507 g/mol. The van der Waals surface area contributed by atoms with E-state index in [2.05, 4.69) is 5.32 Å². The van der Waals surface area contributed by atoms with Crippen LogP contribution in [-0.4, -0.2) is 18.7 Å². The average molecular weight is 508 g/mol. The van der Waals surface area contributed by atoms with Gasteiger partial charge in [0, 0.05) is 11.6 Å². The first-order valence-electron chi connectivity index (χ1n) is 13.0. The molecule has 0 saturated heterocycles. The molecule has 0 amide bonds. The molecule has 0 heterocycles. The highest BCUT2D eigenvalue weighted by Crippen LogP contribution is 2.51. The van der Waals surface area contributed by atoms with Crippen molar-refractivity contribution in [2.75, 3.05) is 12.4 Å². The number of esters is 1. The van der Waals surface area contributed by atoms with Crippen LogP contribution in [0.2, 0.25) is 0 Å². The third kappa shape index (κ3) is 5.90. The molecule has 0 aliphatic heterocycles. The van der Waals surface area contributed by atoms with Gasteiger partial charge in [0.2, 0.25) is 0 Å². The van der Waals surface area contributed by atoms with Crippen LogP contribution in [0.3, 0.4) is 0 Å². The molecule has 194 valence electrons. The van der Waals surface area contributed by atoms with Gasteiger partial charge in [0.25, 0.3) is 0 Å². The molecule has 5 rings (SSSR count). The van der Waals surface area contributed by atoms with Gasteiger partial charge in [0.1, 0.15) is 12.4 Å². The van der Waals surface area contributed by atoms with Gasteiger partial charge in [-0.25, -0.2) is 4.79 Å². The summed E-state index contributed by atoms with van der Waals surface area (Å²) < 4.78 is 18.1. The molecule has 1 aliphatic carbocycles. The Morgan fingerprint density at radius 1 is 0.789 bits per heavy atom. The lowest BCUT2D eigenvalue weighted by molar-refractivity contribution is -0.183. The van der Waals surface area contributed by atoms with Crippen LogP contribution in [0.25, 0.3) is 0 Å². The van der Waals surface area contributed by atoms with E-state index in [1.54, 1.807) is 7.11 Å². The zero-order chi connectivity index (χ0) is 26.2. The van der Waals surface area contributed by atoms with Crippen molar-refractivity contribution < 1.29 is 19.0 Å². The number of nitrogens with one attached hydrogen (secondary N) is 1. The predicted octanol–water partition coefficient (Wildman–Crippen LogP) is 6.96. The van der Waals surface area contributed by atoms with E-state index < -0.39 is 11.6 Å². The number of benzene rings is 4. The Morgan fingerprint density at radius 2 is 1.34 bits per heavy atom. The van der Waals surface area contributed by atoms with E-state index in [9.17, 15) is 4.79 Å². The second-order valence-electron chi connectivity index (χ2n) is 9.62. The van der Waals surface area contributed by atoms with Crippen LogP contribution in [0.4, 0.5) is 5.69 Å². The largest absolute Gasteiger partial charge is 0.497 e. The molecule has 1 N–H and O–H groups in total. The topological polar surface area (TPSA) is 56.8 Å². The minimum Gasteiger partial charge on any atom is -0.497 e. The van der Waals surface area contributed by atoms with Crippen LogP contribution in [-0.2, 0) is 27.5 Å². The maximum Gasteiger partial charge on any atom is 0.341 e. The van der Waals surface area contributed by atoms with Gasteiger partial charge in [-0.15, -0.1) is 0 Å². The van der Waals surface area contributed by atoms with Gasteiger partial charge in [-0.1, -0.05) is 91.0 Å². The highest BCUT2D eigenvalue weighted by atomic mass is 16.6. The summed E-state index contributed by atoms with van der Waals surface area (Å²) in [5, 5.41) is 3.64. The number of hydrogen-bond acceptors (Lipinski definition) is 5. The van der Waals surface area contributed by atoms with Crippen molar-refractivity contribution in [2.24, 2.45) is 5.92 Å². The molecule has 0 radical (unpaired) electrons. The molecule has 0 spiro atoms. The Kier molecular flexibility index (Phi) is 8.05. The molecule has 5 heteroatoms. The van der Waals surface area contributed by atoms with Gasteiger partial charge in [0.15, 0.2) is 5.60 Å². The SMILES string of the molecule is COc1ccc(N[C@@H](c2ccccc2)[C@@](OCc2ccccc2)(C(=O)OCc2ccccc2)C2CC2)cc1. The molecule has 38 heavy (non-hydrogen) atoms. The number of rotatable bonds is 12. The molecule has 0 unspecified atom stereocenters. The van der Waals surface area contributed by atoms with Crippen LogP contribution in [0.15, 0.2) is 115 Å². The summed E-state index contributed by atoms with van der Waals surface area (Å²) in [6, 6.07) is 37.0. The van der Waals surface area contributed by atoms with Crippen LogP contribution < -0.4 is 10.1 Å². The minimum atomic E-state index is -1.23. The zero-order valence-corrected chi connectivity index (χ0v) is 21.6. The predicted molar refractivity (Wildman–Crippen MR) is 149 cm³/mol. The molecule has 1 aliphatic rings. The lowest BCUT2D eigenvalue weighted by Crippen LogP contribution is -2.52.